The number of nitrogens with zero attached hydrogens (tertiary/aromatic N) is 2. The second-order valence-electron chi connectivity index (χ2n) is 3.25. The van der Waals surface area contributed by atoms with Crippen molar-refractivity contribution in [1.82, 2.24) is 4.98 Å². The van der Waals surface area contributed by atoms with Gasteiger partial charge in [-0.2, -0.15) is 0 Å². The first-order valence-corrected chi connectivity index (χ1v) is 4.98. The highest BCUT2D eigenvalue weighted by atomic mass is 16.6. The molecule has 1 heterocycles. The van der Waals surface area contributed by atoms with Crippen molar-refractivity contribution in [2.75, 3.05) is 7.11 Å². The van der Waals surface area contributed by atoms with Crippen LogP contribution in [0.25, 0.3) is 11.3 Å². The Morgan fingerprint density at radius 2 is 1.94 bits per heavy atom. The van der Waals surface area contributed by atoms with Crippen molar-refractivity contribution in [3.63, 3.8) is 0 Å². The molecule has 0 saturated carbocycles. The van der Waals surface area contributed by atoms with Gasteiger partial charge in [-0.3, -0.25) is 4.98 Å². The Balaban J connectivity index is 2.23. The lowest BCUT2D eigenvalue weighted by molar-refractivity contribution is 0.215. The van der Waals surface area contributed by atoms with Crippen LogP contribution in [-0.2, 0) is 4.84 Å². The third-order valence-electron chi connectivity index (χ3n) is 2.18. The molecule has 3 nitrogen and oxygen atoms in total. The van der Waals surface area contributed by atoms with Crippen LogP contribution in [0.1, 0.15) is 5.56 Å². The van der Waals surface area contributed by atoms with Crippen LogP contribution in [-0.4, -0.2) is 18.3 Å². The maximum atomic E-state index is 4.62. The Morgan fingerprint density at radius 3 is 2.56 bits per heavy atom. The summed E-state index contributed by atoms with van der Waals surface area (Å²) in [5.41, 5.74) is 3.06. The van der Waals surface area contributed by atoms with E-state index in [1.165, 1.54) is 7.11 Å². The Hall–Kier alpha value is -2.16. The quantitative estimate of drug-likeness (QED) is 0.579. The fourth-order valence-electron chi connectivity index (χ4n) is 1.39. The van der Waals surface area contributed by atoms with Gasteiger partial charge in [-0.05, 0) is 17.7 Å². The maximum Gasteiger partial charge on any atom is 0.106 e. The van der Waals surface area contributed by atoms with Crippen LogP contribution in [0.5, 0.6) is 0 Å². The third kappa shape index (κ3) is 2.45. The average Bonchev–Trinajstić information content (AvgIpc) is 2.38. The van der Waals surface area contributed by atoms with E-state index in [0.29, 0.717) is 0 Å². The Bertz CT molecular complexity index is 463. The molecule has 3 heteroatoms. The van der Waals surface area contributed by atoms with Gasteiger partial charge in [0.2, 0.25) is 0 Å². The molecule has 0 spiro atoms. The van der Waals surface area contributed by atoms with Gasteiger partial charge in [-0.15, -0.1) is 0 Å². The fraction of sp³-hybridized carbons (Fsp3) is 0.0769. The molecule has 0 aliphatic heterocycles. The van der Waals surface area contributed by atoms with Gasteiger partial charge < -0.3 is 4.84 Å². The molecule has 2 aromatic rings. The second kappa shape index (κ2) is 5.07. The number of hydrogen-bond donors (Lipinski definition) is 0. The Morgan fingerprint density at radius 1 is 1.12 bits per heavy atom. The van der Waals surface area contributed by atoms with Gasteiger partial charge in [-0.25, -0.2) is 0 Å². The van der Waals surface area contributed by atoms with Crippen molar-refractivity contribution < 1.29 is 4.84 Å². The van der Waals surface area contributed by atoms with E-state index in [1.807, 2.05) is 42.5 Å². The molecule has 0 aliphatic carbocycles. The van der Waals surface area contributed by atoms with Crippen LogP contribution in [0.4, 0.5) is 0 Å². The highest BCUT2D eigenvalue weighted by Gasteiger charge is 1.96. The molecule has 0 saturated heterocycles. The van der Waals surface area contributed by atoms with E-state index in [4.69, 9.17) is 0 Å². The van der Waals surface area contributed by atoms with Gasteiger partial charge in [0.1, 0.15) is 7.11 Å². The molecular weight excluding hydrogens is 200 g/mol. The zero-order chi connectivity index (χ0) is 11.2. The number of benzene rings is 1. The van der Waals surface area contributed by atoms with Crippen LogP contribution in [0, 0.1) is 0 Å². The lowest BCUT2D eigenvalue weighted by Crippen LogP contribution is -1.84. The monoisotopic (exact) mass is 212 g/mol. The number of pyridine rings is 1. The van der Waals surface area contributed by atoms with Crippen LogP contribution in [0.3, 0.4) is 0 Å². The van der Waals surface area contributed by atoms with Crippen molar-refractivity contribution in [3.05, 3.63) is 54.2 Å². The molecule has 0 amide bonds. The van der Waals surface area contributed by atoms with Crippen molar-refractivity contribution in [2.45, 2.75) is 0 Å². The minimum Gasteiger partial charge on any atom is -0.399 e. The average molecular weight is 212 g/mol. The first kappa shape index (κ1) is 10.4. The molecule has 0 bridgehead atoms. The topological polar surface area (TPSA) is 34.5 Å². The van der Waals surface area contributed by atoms with E-state index < -0.39 is 0 Å². The molecule has 16 heavy (non-hydrogen) atoms. The highest BCUT2D eigenvalue weighted by Crippen LogP contribution is 2.16. The van der Waals surface area contributed by atoms with E-state index in [1.54, 1.807) is 12.4 Å². The molecule has 0 atom stereocenters. The largest absolute Gasteiger partial charge is 0.399 e. The lowest BCUT2D eigenvalue weighted by atomic mass is 10.1. The minimum atomic E-state index is 0.970. The maximum absolute atomic E-state index is 4.62. The normalized spacial score (nSPS) is 10.6. The SMILES string of the molecule is CO/N=C/c1ccc(-c2ccccn2)cc1. The van der Waals surface area contributed by atoms with Crippen molar-refractivity contribution in [2.24, 2.45) is 5.16 Å². The molecular formula is C13H12N2O. The van der Waals surface area contributed by atoms with Gasteiger partial charge in [0.25, 0.3) is 0 Å². The lowest BCUT2D eigenvalue weighted by Gasteiger charge is -2.00. The van der Waals surface area contributed by atoms with Crippen molar-refractivity contribution >= 4 is 6.21 Å². The zero-order valence-electron chi connectivity index (χ0n) is 9.00. The number of rotatable bonds is 3. The van der Waals surface area contributed by atoms with Crippen LogP contribution >= 0.6 is 0 Å². The molecule has 0 unspecified atom stereocenters. The van der Waals surface area contributed by atoms with Gasteiger partial charge in [0, 0.05) is 11.8 Å². The zero-order valence-corrected chi connectivity index (χ0v) is 9.00. The standard InChI is InChI=1S/C13H12N2O/c1-16-15-10-11-5-7-12(8-6-11)13-4-2-3-9-14-13/h2-10H,1H3/b15-10+. The number of hydrogen-bond acceptors (Lipinski definition) is 3. The van der Waals surface area contributed by atoms with Crippen LogP contribution < -0.4 is 0 Å². The first-order chi connectivity index (χ1) is 7.90. The van der Waals surface area contributed by atoms with Gasteiger partial charge in [-0.1, -0.05) is 35.5 Å². The molecule has 1 aromatic carbocycles. The van der Waals surface area contributed by atoms with E-state index in [9.17, 15) is 0 Å². The molecule has 0 fully saturated rings. The summed E-state index contributed by atoms with van der Waals surface area (Å²) in [4.78, 5) is 8.90. The molecule has 0 aliphatic rings. The number of aromatic nitrogens is 1. The predicted molar refractivity (Wildman–Crippen MR) is 64.3 cm³/mol. The van der Waals surface area contributed by atoms with Gasteiger partial charge in [0.05, 0.1) is 11.9 Å². The molecule has 1 aromatic heterocycles. The van der Waals surface area contributed by atoms with Crippen LogP contribution in [0.2, 0.25) is 0 Å². The third-order valence-corrected chi connectivity index (χ3v) is 2.18. The number of oxime groups is 1. The summed E-state index contributed by atoms with van der Waals surface area (Å²) >= 11 is 0. The summed E-state index contributed by atoms with van der Waals surface area (Å²) in [7, 11) is 1.53. The summed E-state index contributed by atoms with van der Waals surface area (Å²) in [6.07, 6.45) is 3.46. The highest BCUT2D eigenvalue weighted by molar-refractivity contribution is 5.80. The summed E-state index contributed by atoms with van der Waals surface area (Å²) in [5.74, 6) is 0. The molecule has 2 rings (SSSR count). The summed E-state index contributed by atoms with van der Waals surface area (Å²) < 4.78 is 0. The minimum absolute atomic E-state index is 0.970. The second-order valence-corrected chi connectivity index (χ2v) is 3.25. The smallest absolute Gasteiger partial charge is 0.106 e. The van der Waals surface area contributed by atoms with E-state index >= 15 is 0 Å². The summed E-state index contributed by atoms with van der Waals surface area (Å²) in [6.45, 7) is 0. The fourth-order valence-corrected chi connectivity index (χ4v) is 1.39. The Labute approximate surface area is 94.4 Å². The van der Waals surface area contributed by atoms with Gasteiger partial charge in [0.15, 0.2) is 0 Å². The van der Waals surface area contributed by atoms with E-state index in [-0.39, 0.29) is 0 Å². The molecule has 0 N–H and O–H groups in total. The molecule has 80 valence electrons. The first-order valence-electron chi connectivity index (χ1n) is 4.98. The summed E-state index contributed by atoms with van der Waals surface area (Å²) in [5, 5.41) is 3.70. The predicted octanol–water partition coefficient (Wildman–Crippen LogP) is 2.73. The van der Waals surface area contributed by atoms with Crippen molar-refractivity contribution in [3.8, 4) is 11.3 Å². The van der Waals surface area contributed by atoms with E-state index in [2.05, 4.69) is 15.0 Å². The van der Waals surface area contributed by atoms with Gasteiger partial charge >= 0.3 is 0 Å². The van der Waals surface area contributed by atoms with Crippen LogP contribution in [0.15, 0.2) is 53.8 Å². The van der Waals surface area contributed by atoms with E-state index in [0.717, 1.165) is 16.8 Å². The molecule has 0 radical (unpaired) electrons. The summed E-state index contributed by atoms with van der Waals surface area (Å²) in [6, 6.07) is 13.8. The Kier molecular flexibility index (Phi) is 3.28. The van der Waals surface area contributed by atoms with Crippen molar-refractivity contribution in [1.29, 1.82) is 0 Å².